The highest BCUT2D eigenvalue weighted by molar-refractivity contribution is 7.16. The number of thiophene rings is 1. The van der Waals surface area contributed by atoms with Gasteiger partial charge in [0.25, 0.3) is 0 Å². The maximum absolute atomic E-state index is 5.91. The SMILES string of the molecule is CC(C)COc1nc(NCCc2ccc(Cl)s2)ccc1N. The molecule has 0 saturated carbocycles. The van der Waals surface area contributed by atoms with Crippen molar-refractivity contribution in [1.82, 2.24) is 4.98 Å². The van der Waals surface area contributed by atoms with Crippen LogP contribution in [-0.2, 0) is 6.42 Å². The highest BCUT2D eigenvalue weighted by atomic mass is 35.5. The number of pyridine rings is 1. The van der Waals surface area contributed by atoms with E-state index < -0.39 is 0 Å². The molecule has 114 valence electrons. The van der Waals surface area contributed by atoms with E-state index in [9.17, 15) is 0 Å². The number of hydrogen-bond donors (Lipinski definition) is 2. The lowest BCUT2D eigenvalue weighted by Crippen LogP contribution is -2.10. The first kappa shape index (κ1) is 15.9. The van der Waals surface area contributed by atoms with Crippen molar-refractivity contribution in [2.75, 3.05) is 24.2 Å². The molecule has 21 heavy (non-hydrogen) atoms. The average molecular weight is 326 g/mol. The number of hydrogen-bond acceptors (Lipinski definition) is 5. The predicted molar refractivity (Wildman–Crippen MR) is 90.5 cm³/mol. The second-order valence-corrected chi connectivity index (χ2v) is 6.98. The van der Waals surface area contributed by atoms with Crippen LogP contribution in [0.1, 0.15) is 18.7 Å². The Kier molecular flexibility index (Phi) is 5.70. The van der Waals surface area contributed by atoms with Gasteiger partial charge < -0.3 is 15.8 Å². The standard InChI is InChI=1S/C15H20ClN3OS/c1-10(2)9-20-15-12(17)4-6-14(19-15)18-8-7-11-3-5-13(16)21-11/h3-6,10H,7-9,17H2,1-2H3,(H,18,19). The van der Waals surface area contributed by atoms with Crippen molar-refractivity contribution in [2.45, 2.75) is 20.3 Å². The summed E-state index contributed by atoms with van der Waals surface area (Å²) in [5.74, 6) is 1.70. The Morgan fingerprint density at radius 3 is 2.81 bits per heavy atom. The zero-order valence-electron chi connectivity index (χ0n) is 12.2. The van der Waals surface area contributed by atoms with Crippen molar-refractivity contribution in [3.63, 3.8) is 0 Å². The average Bonchev–Trinajstić information content (AvgIpc) is 2.84. The molecule has 0 amide bonds. The summed E-state index contributed by atoms with van der Waals surface area (Å²) in [6, 6.07) is 7.63. The third-order valence-corrected chi connectivity index (χ3v) is 4.04. The van der Waals surface area contributed by atoms with Crippen LogP contribution in [-0.4, -0.2) is 18.1 Å². The molecule has 0 aliphatic carbocycles. The van der Waals surface area contributed by atoms with Crippen molar-refractivity contribution in [3.8, 4) is 5.88 Å². The molecule has 2 aromatic rings. The van der Waals surface area contributed by atoms with Crippen LogP contribution in [0.15, 0.2) is 24.3 Å². The summed E-state index contributed by atoms with van der Waals surface area (Å²) in [5.41, 5.74) is 6.43. The second kappa shape index (κ2) is 7.52. The minimum absolute atomic E-state index is 0.436. The molecule has 0 unspecified atom stereocenters. The third-order valence-electron chi connectivity index (χ3n) is 2.75. The van der Waals surface area contributed by atoms with Crippen LogP contribution >= 0.6 is 22.9 Å². The Labute approximate surface area is 134 Å². The van der Waals surface area contributed by atoms with Gasteiger partial charge >= 0.3 is 0 Å². The molecule has 6 heteroatoms. The molecular weight excluding hydrogens is 306 g/mol. The van der Waals surface area contributed by atoms with Crippen LogP contribution in [0.2, 0.25) is 4.34 Å². The summed E-state index contributed by atoms with van der Waals surface area (Å²) >= 11 is 7.51. The van der Waals surface area contributed by atoms with Gasteiger partial charge in [0.2, 0.25) is 5.88 Å². The molecule has 2 heterocycles. The Morgan fingerprint density at radius 1 is 1.33 bits per heavy atom. The van der Waals surface area contributed by atoms with Crippen molar-refractivity contribution < 1.29 is 4.74 Å². The molecule has 0 aliphatic rings. The monoisotopic (exact) mass is 325 g/mol. The summed E-state index contributed by atoms with van der Waals surface area (Å²) in [6.07, 6.45) is 0.908. The Morgan fingerprint density at radius 2 is 2.14 bits per heavy atom. The van der Waals surface area contributed by atoms with Crippen molar-refractivity contribution in [1.29, 1.82) is 0 Å². The van der Waals surface area contributed by atoms with E-state index in [1.807, 2.05) is 24.3 Å². The number of aromatic nitrogens is 1. The number of anilines is 2. The van der Waals surface area contributed by atoms with Crippen molar-refractivity contribution in [2.24, 2.45) is 5.92 Å². The van der Waals surface area contributed by atoms with E-state index >= 15 is 0 Å². The molecule has 3 N–H and O–H groups in total. The van der Waals surface area contributed by atoms with Gasteiger partial charge in [-0.1, -0.05) is 25.4 Å². The fraction of sp³-hybridized carbons (Fsp3) is 0.400. The highest BCUT2D eigenvalue weighted by Crippen LogP contribution is 2.23. The number of nitrogens with one attached hydrogen (secondary N) is 1. The van der Waals surface area contributed by atoms with E-state index in [-0.39, 0.29) is 0 Å². The molecule has 4 nitrogen and oxygen atoms in total. The van der Waals surface area contributed by atoms with E-state index in [4.69, 9.17) is 22.1 Å². The van der Waals surface area contributed by atoms with E-state index in [1.54, 1.807) is 11.3 Å². The van der Waals surface area contributed by atoms with Gasteiger partial charge in [0.05, 0.1) is 16.6 Å². The van der Waals surface area contributed by atoms with Crippen LogP contribution in [0, 0.1) is 5.92 Å². The zero-order chi connectivity index (χ0) is 15.2. The predicted octanol–water partition coefficient (Wildman–Crippen LogP) is 4.07. The lowest BCUT2D eigenvalue weighted by Gasteiger charge is -2.12. The third kappa shape index (κ3) is 5.10. The van der Waals surface area contributed by atoms with Gasteiger partial charge in [0, 0.05) is 11.4 Å². The molecule has 0 bridgehead atoms. The summed E-state index contributed by atoms with van der Waals surface area (Å²) in [7, 11) is 0. The Bertz CT molecular complexity index is 586. The van der Waals surface area contributed by atoms with Gasteiger partial charge in [-0.2, -0.15) is 4.98 Å². The van der Waals surface area contributed by atoms with Crippen LogP contribution in [0.5, 0.6) is 5.88 Å². The first-order chi connectivity index (χ1) is 10.0. The van der Waals surface area contributed by atoms with Gasteiger partial charge in [-0.3, -0.25) is 0 Å². The van der Waals surface area contributed by atoms with Gasteiger partial charge in [0.15, 0.2) is 0 Å². The maximum Gasteiger partial charge on any atom is 0.239 e. The van der Waals surface area contributed by atoms with Gasteiger partial charge in [0.1, 0.15) is 5.82 Å². The molecule has 0 atom stereocenters. The lowest BCUT2D eigenvalue weighted by molar-refractivity contribution is 0.263. The summed E-state index contributed by atoms with van der Waals surface area (Å²) in [4.78, 5) is 5.65. The van der Waals surface area contributed by atoms with Gasteiger partial charge in [-0.25, -0.2) is 0 Å². The van der Waals surface area contributed by atoms with E-state index in [1.165, 1.54) is 4.88 Å². The number of ether oxygens (including phenoxy) is 1. The molecule has 2 rings (SSSR count). The molecule has 2 aromatic heterocycles. The van der Waals surface area contributed by atoms with Crippen LogP contribution < -0.4 is 15.8 Å². The smallest absolute Gasteiger partial charge is 0.239 e. The maximum atomic E-state index is 5.91. The van der Waals surface area contributed by atoms with Crippen molar-refractivity contribution in [3.05, 3.63) is 33.5 Å². The molecule has 0 saturated heterocycles. The molecule has 0 aromatic carbocycles. The summed E-state index contributed by atoms with van der Waals surface area (Å²) < 4.78 is 6.43. The fourth-order valence-electron chi connectivity index (χ4n) is 1.71. The Balaban J connectivity index is 1.89. The van der Waals surface area contributed by atoms with E-state index in [2.05, 4.69) is 24.1 Å². The van der Waals surface area contributed by atoms with Crippen LogP contribution in [0.3, 0.4) is 0 Å². The first-order valence-electron chi connectivity index (χ1n) is 6.92. The van der Waals surface area contributed by atoms with E-state index in [0.717, 1.165) is 23.1 Å². The quantitative estimate of drug-likeness (QED) is 0.805. The second-order valence-electron chi connectivity index (χ2n) is 5.18. The largest absolute Gasteiger partial charge is 0.476 e. The molecular formula is C15H20ClN3OS. The highest BCUT2D eigenvalue weighted by Gasteiger charge is 2.06. The molecule has 0 fully saturated rings. The van der Waals surface area contributed by atoms with Crippen LogP contribution in [0.25, 0.3) is 0 Å². The summed E-state index contributed by atoms with van der Waals surface area (Å²) in [5, 5.41) is 3.27. The van der Waals surface area contributed by atoms with Gasteiger partial charge in [-0.05, 0) is 36.6 Å². The first-order valence-corrected chi connectivity index (χ1v) is 8.11. The van der Waals surface area contributed by atoms with E-state index in [0.29, 0.717) is 24.1 Å². The minimum atomic E-state index is 0.436. The lowest BCUT2D eigenvalue weighted by atomic mass is 10.2. The minimum Gasteiger partial charge on any atom is -0.476 e. The van der Waals surface area contributed by atoms with Gasteiger partial charge in [-0.15, -0.1) is 11.3 Å². The number of rotatable bonds is 7. The Hall–Kier alpha value is -1.46. The zero-order valence-corrected chi connectivity index (χ0v) is 13.8. The van der Waals surface area contributed by atoms with Crippen LogP contribution in [0.4, 0.5) is 11.5 Å². The molecule has 0 radical (unpaired) electrons. The topological polar surface area (TPSA) is 60.2 Å². The number of nitrogen functional groups attached to an aromatic ring is 1. The number of nitrogens with two attached hydrogens (primary N) is 1. The van der Waals surface area contributed by atoms with Crippen molar-refractivity contribution >= 4 is 34.4 Å². The normalized spacial score (nSPS) is 10.9. The number of halogens is 1. The summed E-state index contributed by atoms with van der Waals surface area (Å²) in [6.45, 7) is 5.57. The number of nitrogens with zero attached hydrogens (tertiary/aromatic N) is 1. The molecule has 0 spiro atoms. The molecule has 0 aliphatic heterocycles. The fourth-order valence-corrected chi connectivity index (χ4v) is 2.80.